The second-order valence-electron chi connectivity index (χ2n) is 2.25. The Hall–Kier alpha value is -0.640. The average molecular weight is 172 g/mol. The maximum Gasteiger partial charge on any atom is 0.104 e. The molecule has 0 aliphatic rings. The highest BCUT2D eigenvalue weighted by Gasteiger charge is 2.05. The van der Waals surface area contributed by atoms with Crippen LogP contribution in [-0.4, -0.2) is 37.6 Å². The molecule has 0 bridgehead atoms. The summed E-state index contributed by atoms with van der Waals surface area (Å²) < 4.78 is 10.3. The molecular formula is C9H16O3. The van der Waals surface area contributed by atoms with E-state index in [0.717, 1.165) is 0 Å². The zero-order chi connectivity index (χ0) is 9.23. The normalized spacial score (nSPS) is 12.4. The van der Waals surface area contributed by atoms with E-state index in [-0.39, 0.29) is 12.7 Å². The SMILES string of the molecule is C=CCOC[C@H](CO)OCC=C. The first kappa shape index (κ1) is 11.4. The molecule has 0 heterocycles. The summed E-state index contributed by atoms with van der Waals surface area (Å²) in [5.74, 6) is 0. The van der Waals surface area contributed by atoms with Crippen LogP contribution >= 0.6 is 0 Å². The fourth-order valence-corrected chi connectivity index (χ4v) is 0.640. The Bertz CT molecular complexity index is 123. The molecule has 0 aromatic rings. The van der Waals surface area contributed by atoms with Gasteiger partial charge < -0.3 is 14.6 Å². The van der Waals surface area contributed by atoms with Gasteiger partial charge in [0.1, 0.15) is 6.10 Å². The fourth-order valence-electron chi connectivity index (χ4n) is 0.640. The van der Waals surface area contributed by atoms with Gasteiger partial charge in [-0.2, -0.15) is 0 Å². The van der Waals surface area contributed by atoms with E-state index in [4.69, 9.17) is 14.6 Å². The van der Waals surface area contributed by atoms with Gasteiger partial charge in [0, 0.05) is 0 Å². The van der Waals surface area contributed by atoms with Gasteiger partial charge in [0.2, 0.25) is 0 Å². The molecule has 0 fully saturated rings. The number of hydrogen-bond acceptors (Lipinski definition) is 3. The van der Waals surface area contributed by atoms with Crippen molar-refractivity contribution in [1.29, 1.82) is 0 Å². The fraction of sp³-hybridized carbons (Fsp3) is 0.556. The predicted molar refractivity (Wildman–Crippen MR) is 48.0 cm³/mol. The lowest BCUT2D eigenvalue weighted by atomic mass is 10.4. The van der Waals surface area contributed by atoms with Gasteiger partial charge in [-0.15, -0.1) is 13.2 Å². The standard InChI is InChI=1S/C9H16O3/c1-3-5-11-8-9(7-10)12-6-4-2/h3-4,9-10H,1-2,5-8H2/t9-/m0/s1. The molecule has 0 aromatic heterocycles. The van der Waals surface area contributed by atoms with Crippen molar-refractivity contribution in [3.05, 3.63) is 25.3 Å². The number of rotatable bonds is 8. The van der Waals surface area contributed by atoms with E-state index in [0.29, 0.717) is 19.8 Å². The van der Waals surface area contributed by atoms with Crippen LogP contribution in [-0.2, 0) is 9.47 Å². The molecule has 0 aliphatic carbocycles. The lowest BCUT2D eigenvalue weighted by Gasteiger charge is -2.13. The smallest absolute Gasteiger partial charge is 0.104 e. The maximum atomic E-state index is 8.79. The van der Waals surface area contributed by atoms with E-state index in [9.17, 15) is 0 Å². The monoisotopic (exact) mass is 172 g/mol. The van der Waals surface area contributed by atoms with E-state index in [2.05, 4.69) is 13.2 Å². The predicted octanol–water partition coefficient (Wildman–Crippen LogP) is 0.752. The van der Waals surface area contributed by atoms with Gasteiger partial charge >= 0.3 is 0 Å². The minimum atomic E-state index is -0.261. The summed E-state index contributed by atoms with van der Waals surface area (Å²) in [6.07, 6.45) is 3.03. The summed E-state index contributed by atoms with van der Waals surface area (Å²) in [6.45, 7) is 8.26. The second kappa shape index (κ2) is 8.46. The van der Waals surface area contributed by atoms with Crippen molar-refractivity contribution in [1.82, 2.24) is 0 Å². The van der Waals surface area contributed by atoms with Gasteiger partial charge in [0.05, 0.1) is 26.4 Å². The summed E-state index contributed by atoms with van der Waals surface area (Å²) in [5.41, 5.74) is 0. The molecule has 3 heteroatoms. The third kappa shape index (κ3) is 6.09. The van der Waals surface area contributed by atoms with Crippen molar-refractivity contribution in [2.45, 2.75) is 6.10 Å². The van der Waals surface area contributed by atoms with Crippen molar-refractivity contribution in [2.24, 2.45) is 0 Å². The molecule has 0 rings (SSSR count). The molecule has 12 heavy (non-hydrogen) atoms. The highest BCUT2D eigenvalue weighted by Crippen LogP contribution is 1.92. The van der Waals surface area contributed by atoms with Gasteiger partial charge in [-0.25, -0.2) is 0 Å². The van der Waals surface area contributed by atoms with Gasteiger partial charge in [-0.3, -0.25) is 0 Å². The third-order valence-electron chi connectivity index (χ3n) is 1.19. The summed E-state index contributed by atoms with van der Waals surface area (Å²) in [5, 5.41) is 8.79. The Kier molecular flexibility index (Phi) is 8.01. The summed E-state index contributed by atoms with van der Waals surface area (Å²) in [7, 11) is 0. The molecule has 1 N–H and O–H groups in total. The van der Waals surface area contributed by atoms with Crippen LogP contribution in [0.25, 0.3) is 0 Å². The van der Waals surface area contributed by atoms with Gasteiger partial charge in [-0.1, -0.05) is 12.2 Å². The van der Waals surface area contributed by atoms with Gasteiger partial charge in [-0.05, 0) is 0 Å². The maximum absolute atomic E-state index is 8.79. The number of aliphatic hydroxyl groups is 1. The van der Waals surface area contributed by atoms with Gasteiger partial charge in [0.15, 0.2) is 0 Å². The minimum Gasteiger partial charge on any atom is -0.394 e. The Morgan fingerprint density at radius 1 is 1.25 bits per heavy atom. The van der Waals surface area contributed by atoms with Crippen LogP contribution in [0.15, 0.2) is 25.3 Å². The minimum absolute atomic E-state index is 0.0367. The van der Waals surface area contributed by atoms with Crippen molar-refractivity contribution in [2.75, 3.05) is 26.4 Å². The molecule has 0 aliphatic heterocycles. The molecule has 70 valence electrons. The van der Waals surface area contributed by atoms with Crippen LogP contribution in [0.1, 0.15) is 0 Å². The Balaban J connectivity index is 3.38. The molecular weight excluding hydrogens is 156 g/mol. The zero-order valence-corrected chi connectivity index (χ0v) is 7.24. The van der Waals surface area contributed by atoms with E-state index in [1.165, 1.54) is 0 Å². The second-order valence-corrected chi connectivity index (χ2v) is 2.25. The highest BCUT2D eigenvalue weighted by molar-refractivity contribution is 4.68. The molecule has 0 aromatic carbocycles. The molecule has 0 saturated carbocycles. The summed E-state index contributed by atoms with van der Waals surface area (Å²) in [4.78, 5) is 0. The van der Waals surface area contributed by atoms with Crippen molar-refractivity contribution in [3.8, 4) is 0 Å². The first-order chi connectivity index (χ1) is 5.85. The van der Waals surface area contributed by atoms with E-state index < -0.39 is 0 Å². The molecule has 1 atom stereocenters. The third-order valence-corrected chi connectivity index (χ3v) is 1.19. The van der Waals surface area contributed by atoms with Crippen LogP contribution in [0.3, 0.4) is 0 Å². The van der Waals surface area contributed by atoms with Crippen LogP contribution < -0.4 is 0 Å². The topological polar surface area (TPSA) is 38.7 Å². The van der Waals surface area contributed by atoms with Crippen LogP contribution in [0.2, 0.25) is 0 Å². The molecule has 3 nitrogen and oxygen atoms in total. The largest absolute Gasteiger partial charge is 0.394 e. The Morgan fingerprint density at radius 2 is 1.92 bits per heavy atom. The lowest BCUT2D eigenvalue weighted by molar-refractivity contribution is -0.0268. The van der Waals surface area contributed by atoms with Crippen molar-refractivity contribution in [3.63, 3.8) is 0 Å². The summed E-state index contributed by atoms with van der Waals surface area (Å²) in [6, 6.07) is 0. The zero-order valence-electron chi connectivity index (χ0n) is 7.24. The average Bonchev–Trinajstić information content (AvgIpc) is 2.11. The molecule has 0 radical (unpaired) electrons. The first-order valence-corrected chi connectivity index (χ1v) is 3.87. The molecule has 0 spiro atoms. The number of aliphatic hydroxyl groups excluding tert-OH is 1. The Morgan fingerprint density at radius 3 is 2.42 bits per heavy atom. The van der Waals surface area contributed by atoms with Gasteiger partial charge in [0.25, 0.3) is 0 Å². The molecule has 0 unspecified atom stereocenters. The lowest BCUT2D eigenvalue weighted by Crippen LogP contribution is -2.24. The van der Waals surface area contributed by atoms with Crippen molar-refractivity contribution < 1.29 is 14.6 Å². The van der Waals surface area contributed by atoms with E-state index >= 15 is 0 Å². The van der Waals surface area contributed by atoms with Crippen molar-refractivity contribution >= 4 is 0 Å². The highest BCUT2D eigenvalue weighted by atomic mass is 16.5. The Labute approximate surface area is 73.3 Å². The van der Waals surface area contributed by atoms with E-state index in [1.807, 2.05) is 0 Å². The van der Waals surface area contributed by atoms with Crippen LogP contribution in [0, 0.1) is 0 Å². The summed E-state index contributed by atoms with van der Waals surface area (Å²) >= 11 is 0. The van der Waals surface area contributed by atoms with Crippen LogP contribution in [0.5, 0.6) is 0 Å². The quantitative estimate of drug-likeness (QED) is 0.434. The molecule has 0 saturated heterocycles. The number of ether oxygens (including phenoxy) is 2. The van der Waals surface area contributed by atoms with Crippen LogP contribution in [0.4, 0.5) is 0 Å². The first-order valence-electron chi connectivity index (χ1n) is 3.87. The number of hydrogen-bond donors (Lipinski definition) is 1. The molecule has 0 amide bonds. The van der Waals surface area contributed by atoms with E-state index in [1.54, 1.807) is 12.2 Å².